The molecule has 0 unspecified atom stereocenters. The Hall–Kier alpha value is -1.82. The molecule has 3 heteroatoms. The summed E-state index contributed by atoms with van der Waals surface area (Å²) in [5.74, 6) is 0. The standard InChI is InChI=1S/C15H21N3/c1-7-8-18(15(4,5)6)14-9-11(2)17-12(3)13(14)10-16/h7,9H,1,8H2,2-6H3. The number of aromatic nitrogens is 1. The summed E-state index contributed by atoms with van der Waals surface area (Å²) in [6.45, 7) is 14.7. The van der Waals surface area contributed by atoms with Gasteiger partial charge in [0.25, 0.3) is 0 Å². The lowest BCUT2D eigenvalue weighted by Crippen LogP contribution is -2.42. The zero-order chi connectivity index (χ0) is 13.9. The maximum Gasteiger partial charge on any atom is 0.103 e. The smallest absolute Gasteiger partial charge is 0.103 e. The van der Waals surface area contributed by atoms with Crippen molar-refractivity contribution >= 4 is 5.69 Å². The zero-order valence-corrected chi connectivity index (χ0v) is 11.9. The SMILES string of the molecule is C=CCN(c1cc(C)nc(C)c1C#N)C(C)(C)C. The first-order chi connectivity index (χ1) is 8.31. The molecule has 3 nitrogen and oxygen atoms in total. The van der Waals surface area contributed by atoms with Crippen LogP contribution in [0.4, 0.5) is 5.69 Å². The quantitative estimate of drug-likeness (QED) is 0.764. The number of rotatable bonds is 3. The molecule has 1 aromatic heterocycles. The lowest BCUT2D eigenvalue weighted by Gasteiger charge is -2.37. The minimum absolute atomic E-state index is 0.0694. The van der Waals surface area contributed by atoms with Gasteiger partial charge in [-0.3, -0.25) is 4.98 Å². The maximum atomic E-state index is 9.33. The summed E-state index contributed by atoms with van der Waals surface area (Å²) >= 11 is 0. The van der Waals surface area contributed by atoms with E-state index in [0.717, 1.165) is 17.1 Å². The van der Waals surface area contributed by atoms with Crippen molar-refractivity contribution in [3.05, 3.63) is 35.7 Å². The molecule has 0 radical (unpaired) electrons. The molecule has 0 saturated heterocycles. The lowest BCUT2D eigenvalue weighted by molar-refractivity contribution is 0.521. The van der Waals surface area contributed by atoms with E-state index in [1.54, 1.807) is 0 Å². The van der Waals surface area contributed by atoms with E-state index in [0.29, 0.717) is 12.1 Å². The van der Waals surface area contributed by atoms with Crippen molar-refractivity contribution in [1.29, 1.82) is 5.26 Å². The lowest BCUT2D eigenvalue weighted by atomic mass is 10.0. The second-order valence-corrected chi connectivity index (χ2v) is 5.43. The molecule has 0 aliphatic carbocycles. The molecule has 0 N–H and O–H groups in total. The molecular formula is C15H21N3. The Labute approximate surface area is 110 Å². The van der Waals surface area contributed by atoms with E-state index in [2.05, 4.69) is 43.3 Å². The molecule has 0 atom stereocenters. The molecule has 0 aromatic carbocycles. The van der Waals surface area contributed by atoms with E-state index in [9.17, 15) is 5.26 Å². The summed E-state index contributed by atoms with van der Waals surface area (Å²) in [6, 6.07) is 4.24. The number of nitrogens with zero attached hydrogens (tertiary/aromatic N) is 3. The first kappa shape index (κ1) is 14.2. The summed E-state index contributed by atoms with van der Waals surface area (Å²) in [6.07, 6.45) is 1.86. The number of aryl methyl sites for hydroxylation is 2. The summed E-state index contributed by atoms with van der Waals surface area (Å²) in [7, 11) is 0. The molecule has 0 fully saturated rings. The van der Waals surface area contributed by atoms with E-state index in [-0.39, 0.29) is 5.54 Å². The van der Waals surface area contributed by atoms with Crippen LogP contribution in [0.5, 0.6) is 0 Å². The maximum absolute atomic E-state index is 9.33. The average molecular weight is 243 g/mol. The highest BCUT2D eigenvalue weighted by molar-refractivity contribution is 5.63. The van der Waals surface area contributed by atoms with Crippen LogP contribution in [0, 0.1) is 25.2 Å². The molecular weight excluding hydrogens is 222 g/mol. The van der Waals surface area contributed by atoms with E-state index < -0.39 is 0 Å². The zero-order valence-electron chi connectivity index (χ0n) is 11.9. The van der Waals surface area contributed by atoms with Gasteiger partial charge in [0, 0.05) is 17.8 Å². The van der Waals surface area contributed by atoms with Crippen molar-refractivity contribution in [2.45, 2.75) is 40.2 Å². The Morgan fingerprint density at radius 2 is 2.06 bits per heavy atom. The van der Waals surface area contributed by atoms with Gasteiger partial charge >= 0.3 is 0 Å². The molecule has 0 aliphatic heterocycles. The first-order valence-corrected chi connectivity index (χ1v) is 6.08. The normalized spacial score (nSPS) is 10.9. The fraction of sp³-hybridized carbons (Fsp3) is 0.467. The Morgan fingerprint density at radius 1 is 1.44 bits per heavy atom. The summed E-state index contributed by atoms with van der Waals surface area (Å²) in [5.41, 5.74) is 3.23. The molecule has 1 heterocycles. The van der Waals surface area contributed by atoms with Crippen molar-refractivity contribution in [3.63, 3.8) is 0 Å². The van der Waals surface area contributed by atoms with Crippen LogP contribution in [0.15, 0.2) is 18.7 Å². The van der Waals surface area contributed by atoms with Crippen LogP contribution in [0.1, 0.15) is 37.7 Å². The average Bonchev–Trinajstić information content (AvgIpc) is 2.23. The van der Waals surface area contributed by atoms with Crippen LogP contribution in [0.25, 0.3) is 0 Å². The van der Waals surface area contributed by atoms with Crippen LogP contribution in [-0.2, 0) is 0 Å². The van der Waals surface area contributed by atoms with Gasteiger partial charge in [0.1, 0.15) is 6.07 Å². The highest BCUT2D eigenvalue weighted by atomic mass is 15.2. The fourth-order valence-electron chi connectivity index (χ4n) is 2.02. The van der Waals surface area contributed by atoms with Crippen LogP contribution in [0.3, 0.4) is 0 Å². The van der Waals surface area contributed by atoms with Gasteiger partial charge in [-0.25, -0.2) is 0 Å². The van der Waals surface area contributed by atoms with Gasteiger partial charge in [-0.1, -0.05) is 6.08 Å². The van der Waals surface area contributed by atoms with E-state index in [4.69, 9.17) is 0 Å². The topological polar surface area (TPSA) is 39.9 Å². The molecule has 1 rings (SSSR count). The number of pyridine rings is 1. The molecule has 18 heavy (non-hydrogen) atoms. The molecule has 0 bridgehead atoms. The summed E-state index contributed by atoms with van der Waals surface area (Å²) < 4.78 is 0. The van der Waals surface area contributed by atoms with Crippen molar-refractivity contribution in [2.24, 2.45) is 0 Å². The van der Waals surface area contributed by atoms with E-state index in [1.807, 2.05) is 26.0 Å². The number of hydrogen-bond donors (Lipinski definition) is 0. The fourth-order valence-corrected chi connectivity index (χ4v) is 2.02. The minimum Gasteiger partial charge on any atom is -0.362 e. The van der Waals surface area contributed by atoms with Gasteiger partial charge in [-0.2, -0.15) is 5.26 Å². The Balaban J connectivity index is 3.45. The second kappa shape index (κ2) is 5.22. The predicted molar refractivity (Wildman–Crippen MR) is 75.7 cm³/mol. The number of hydrogen-bond acceptors (Lipinski definition) is 3. The third-order valence-corrected chi connectivity index (χ3v) is 2.83. The van der Waals surface area contributed by atoms with E-state index in [1.165, 1.54) is 0 Å². The Morgan fingerprint density at radius 3 is 2.50 bits per heavy atom. The van der Waals surface area contributed by atoms with Crippen molar-refractivity contribution in [2.75, 3.05) is 11.4 Å². The van der Waals surface area contributed by atoms with Crippen LogP contribution in [0.2, 0.25) is 0 Å². The van der Waals surface area contributed by atoms with Crippen molar-refractivity contribution in [3.8, 4) is 6.07 Å². The van der Waals surface area contributed by atoms with Gasteiger partial charge in [0.15, 0.2) is 0 Å². The van der Waals surface area contributed by atoms with E-state index >= 15 is 0 Å². The molecule has 0 amide bonds. The largest absolute Gasteiger partial charge is 0.362 e. The minimum atomic E-state index is -0.0694. The summed E-state index contributed by atoms with van der Waals surface area (Å²) in [4.78, 5) is 6.54. The van der Waals surface area contributed by atoms with Gasteiger partial charge in [-0.05, 0) is 40.7 Å². The van der Waals surface area contributed by atoms with Crippen LogP contribution in [-0.4, -0.2) is 17.1 Å². The molecule has 0 spiro atoms. The molecule has 0 aliphatic rings. The van der Waals surface area contributed by atoms with Gasteiger partial charge < -0.3 is 4.90 Å². The summed E-state index contributed by atoms with van der Waals surface area (Å²) in [5, 5.41) is 9.33. The van der Waals surface area contributed by atoms with Crippen LogP contribution < -0.4 is 4.90 Å². The molecule has 0 saturated carbocycles. The van der Waals surface area contributed by atoms with Crippen molar-refractivity contribution in [1.82, 2.24) is 4.98 Å². The first-order valence-electron chi connectivity index (χ1n) is 6.08. The van der Waals surface area contributed by atoms with Crippen molar-refractivity contribution < 1.29 is 0 Å². The number of nitriles is 1. The predicted octanol–water partition coefficient (Wildman–Crippen LogP) is 3.36. The van der Waals surface area contributed by atoms with Crippen LogP contribution >= 0.6 is 0 Å². The number of anilines is 1. The second-order valence-electron chi connectivity index (χ2n) is 5.43. The molecule has 96 valence electrons. The van der Waals surface area contributed by atoms with Gasteiger partial charge in [-0.15, -0.1) is 6.58 Å². The van der Waals surface area contributed by atoms with Gasteiger partial charge in [0.05, 0.1) is 16.9 Å². The highest BCUT2D eigenvalue weighted by Gasteiger charge is 2.24. The van der Waals surface area contributed by atoms with Gasteiger partial charge in [0.2, 0.25) is 0 Å². The molecule has 1 aromatic rings. The third-order valence-electron chi connectivity index (χ3n) is 2.83. The highest BCUT2D eigenvalue weighted by Crippen LogP contribution is 2.29. The monoisotopic (exact) mass is 243 g/mol. The Bertz CT molecular complexity index is 490. The third kappa shape index (κ3) is 2.89. The Kier molecular flexibility index (Phi) is 4.13.